The van der Waals surface area contributed by atoms with Crippen LogP contribution in [0.3, 0.4) is 0 Å². The van der Waals surface area contributed by atoms with Crippen LogP contribution in [0.5, 0.6) is 0 Å². The molecule has 0 saturated carbocycles. The van der Waals surface area contributed by atoms with Crippen LogP contribution in [0.15, 0.2) is 44.9 Å². The topological polar surface area (TPSA) is 133 Å². The minimum Gasteiger partial charge on any atom is -0.302 e. The quantitative estimate of drug-likeness (QED) is 0.605. The maximum atomic E-state index is 12.3. The van der Waals surface area contributed by atoms with E-state index in [4.69, 9.17) is 0 Å². The molecular formula is C12H12N4O6S. The number of aryl methyl sites for hydroxylation is 1. The molecule has 0 amide bonds. The number of anilines is 1. The number of sulfonamides is 1. The van der Waals surface area contributed by atoms with E-state index in [1.165, 1.54) is 19.2 Å². The molecule has 0 radical (unpaired) electrons. The van der Waals surface area contributed by atoms with E-state index in [0.29, 0.717) is 4.57 Å². The molecule has 0 saturated heterocycles. The summed E-state index contributed by atoms with van der Waals surface area (Å²) in [6, 6.07) is 4.64. The highest BCUT2D eigenvalue weighted by Gasteiger charge is 2.21. The minimum atomic E-state index is -4.25. The highest BCUT2D eigenvalue weighted by molar-refractivity contribution is 7.92. The second-order valence-corrected chi connectivity index (χ2v) is 6.31. The van der Waals surface area contributed by atoms with E-state index in [9.17, 15) is 28.1 Å². The van der Waals surface area contributed by atoms with E-state index in [1.54, 1.807) is 0 Å². The van der Waals surface area contributed by atoms with Gasteiger partial charge in [0.05, 0.1) is 4.92 Å². The largest absolute Gasteiger partial charge is 0.330 e. The Labute approximate surface area is 129 Å². The zero-order chi connectivity index (χ0) is 17.4. The van der Waals surface area contributed by atoms with Crippen LogP contribution in [-0.2, 0) is 24.1 Å². The van der Waals surface area contributed by atoms with Gasteiger partial charge in [0, 0.05) is 38.1 Å². The van der Waals surface area contributed by atoms with Crippen LogP contribution in [-0.4, -0.2) is 22.5 Å². The summed E-state index contributed by atoms with van der Waals surface area (Å²) >= 11 is 0. The molecule has 2 aromatic rings. The standard InChI is InChI=1S/C12H12N4O6S/c1-14-7-10(11(17)15(2)12(14)18)23(21,22)13-8-3-5-9(6-4-8)16(19)20/h3-7,13H,1-2H3. The Bertz CT molecular complexity index is 988. The summed E-state index contributed by atoms with van der Waals surface area (Å²) in [5.41, 5.74) is -1.79. The van der Waals surface area contributed by atoms with Gasteiger partial charge >= 0.3 is 5.69 Å². The second-order valence-electron chi connectivity index (χ2n) is 4.66. The van der Waals surface area contributed by atoms with Crippen molar-refractivity contribution in [2.24, 2.45) is 14.1 Å². The van der Waals surface area contributed by atoms with Gasteiger partial charge in [0.15, 0.2) is 4.90 Å². The first-order valence-electron chi connectivity index (χ1n) is 6.17. The number of rotatable bonds is 4. The Morgan fingerprint density at radius 3 is 2.22 bits per heavy atom. The van der Waals surface area contributed by atoms with Gasteiger partial charge in [-0.1, -0.05) is 0 Å². The molecule has 0 bridgehead atoms. The normalized spacial score (nSPS) is 11.2. The van der Waals surface area contributed by atoms with Crippen LogP contribution in [0, 0.1) is 10.1 Å². The third-order valence-electron chi connectivity index (χ3n) is 3.03. The van der Waals surface area contributed by atoms with Crippen LogP contribution < -0.4 is 16.0 Å². The highest BCUT2D eigenvalue weighted by Crippen LogP contribution is 2.17. The average Bonchev–Trinajstić information content (AvgIpc) is 2.48. The number of non-ortho nitro benzene ring substituents is 1. The van der Waals surface area contributed by atoms with E-state index in [1.807, 2.05) is 0 Å². The highest BCUT2D eigenvalue weighted by atomic mass is 32.2. The molecule has 0 fully saturated rings. The molecule has 0 aliphatic carbocycles. The first kappa shape index (κ1) is 16.4. The molecule has 0 spiro atoms. The van der Waals surface area contributed by atoms with Crippen LogP contribution in [0.2, 0.25) is 0 Å². The van der Waals surface area contributed by atoms with Gasteiger partial charge in [0.25, 0.3) is 21.3 Å². The molecule has 0 aliphatic rings. The zero-order valence-corrected chi connectivity index (χ0v) is 12.9. The molecule has 10 nitrogen and oxygen atoms in total. The molecule has 0 atom stereocenters. The third kappa shape index (κ3) is 3.13. The molecule has 122 valence electrons. The summed E-state index contributed by atoms with van der Waals surface area (Å²) < 4.78 is 28.3. The Kier molecular flexibility index (Phi) is 4.06. The van der Waals surface area contributed by atoms with E-state index in [-0.39, 0.29) is 11.4 Å². The number of nitrogens with one attached hydrogen (secondary N) is 1. The summed E-state index contributed by atoms with van der Waals surface area (Å²) in [5, 5.41) is 10.6. The lowest BCUT2D eigenvalue weighted by atomic mass is 10.3. The molecule has 11 heteroatoms. The summed E-state index contributed by atoms with van der Waals surface area (Å²) in [5.74, 6) is 0. The number of hydrogen-bond acceptors (Lipinski definition) is 6. The van der Waals surface area contributed by atoms with Crippen LogP contribution in [0.4, 0.5) is 11.4 Å². The third-order valence-corrected chi connectivity index (χ3v) is 4.40. The number of hydrogen-bond donors (Lipinski definition) is 1. The van der Waals surface area contributed by atoms with Crippen molar-refractivity contribution < 1.29 is 13.3 Å². The van der Waals surface area contributed by atoms with Gasteiger partial charge in [0.1, 0.15) is 0 Å². The summed E-state index contributed by atoms with van der Waals surface area (Å²) in [6.07, 6.45) is 0.915. The van der Waals surface area contributed by atoms with Gasteiger partial charge in [-0.2, -0.15) is 0 Å². The van der Waals surface area contributed by atoms with Crippen molar-refractivity contribution in [2.45, 2.75) is 4.90 Å². The van der Waals surface area contributed by atoms with Crippen molar-refractivity contribution >= 4 is 21.4 Å². The first-order chi connectivity index (χ1) is 10.6. The molecule has 0 unspecified atom stereocenters. The zero-order valence-electron chi connectivity index (χ0n) is 12.1. The predicted molar refractivity (Wildman–Crippen MR) is 80.8 cm³/mol. The maximum Gasteiger partial charge on any atom is 0.330 e. The smallest absolute Gasteiger partial charge is 0.302 e. The number of nitro benzene ring substituents is 1. The van der Waals surface area contributed by atoms with Crippen molar-refractivity contribution in [3.63, 3.8) is 0 Å². The predicted octanol–water partition coefficient (Wildman–Crippen LogP) is -0.207. The molecule has 0 aliphatic heterocycles. The van der Waals surface area contributed by atoms with Gasteiger partial charge in [-0.05, 0) is 12.1 Å². The monoisotopic (exact) mass is 340 g/mol. The van der Waals surface area contributed by atoms with E-state index in [2.05, 4.69) is 4.72 Å². The molecule has 1 N–H and O–H groups in total. The fourth-order valence-electron chi connectivity index (χ4n) is 1.82. The van der Waals surface area contributed by atoms with Crippen molar-refractivity contribution in [1.82, 2.24) is 9.13 Å². The van der Waals surface area contributed by atoms with Crippen molar-refractivity contribution in [3.8, 4) is 0 Å². The number of nitro groups is 1. The molecule has 1 aromatic carbocycles. The van der Waals surface area contributed by atoms with Gasteiger partial charge in [-0.3, -0.25) is 24.2 Å². The fraction of sp³-hybridized carbons (Fsp3) is 0.167. The SMILES string of the molecule is Cn1cc(S(=O)(=O)Nc2ccc([N+](=O)[O-])cc2)c(=O)n(C)c1=O. The summed E-state index contributed by atoms with van der Waals surface area (Å²) in [7, 11) is -1.78. The Balaban J connectivity index is 2.46. The van der Waals surface area contributed by atoms with E-state index < -0.39 is 31.1 Å². The molecule has 1 aromatic heterocycles. The van der Waals surface area contributed by atoms with Crippen LogP contribution in [0.25, 0.3) is 0 Å². The van der Waals surface area contributed by atoms with E-state index in [0.717, 1.165) is 29.9 Å². The Morgan fingerprint density at radius 1 is 1.13 bits per heavy atom. The van der Waals surface area contributed by atoms with E-state index >= 15 is 0 Å². The summed E-state index contributed by atoms with van der Waals surface area (Å²) in [4.78, 5) is 32.9. The van der Waals surface area contributed by atoms with Gasteiger partial charge in [-0.25, -0.2) is 13.2 Å². The average molecular weight is 340 g/mol. The van der Waals surface area contributed by atoms with Crippen molar-refractivity contribution in [3.05, 3.63) is 61.4 Å². The van der Waals surface area contributed by atoms with Crippen LogP contribution >= 0.6 is 0 Å². The second kappa shape index (κ2) is 5.68. The van der Waals surface area contributed by atoms with Crippen molar-refractivity contribution in [1.29, 1.82) is 0 Å². The maximum absolute atomic E-state index is 12.3. The molecule has 2 rings (SSSR count). The Hall–Kier alpha value is -2.95. The molecule has 23 heavy (non-hydrogen) atoms. The molecule has 1 heterocycles. The van der Waals surface area contributed by atoms with Crippen molar-refractivity contribution in [2.75, 3.05) is 4.72 Å². The van der Waals surface area contributed by atoms with Gasteiger partial charge in [0.2, 0.25) is 0 Å². The van der Waals surface area contributed by atoms with Gasteiger partial charge < -0.3 is 4.57 Å². The lowest BCUT2D eigenvalue weighted by molar-refractivity contribution is -0.384. The lowest BCUT2D eigenvalue weighted by Gasteiger charge is -2.09. The fourth-order valence-corrected chi connectivity index (χ4v) is 3.04. The van der Waals surface area contributed by atoms with Gasteiger partial charge in [-0.15, -0.1) is 0 Å². The molecular weight excluding hydrogens is 328 g/mol. The summed E-state index contributed by atoms with van der Waals surface area (Å²) in [6.45, 7) is 0. The number of nitrogens with zero attached hydrogens (tertiary/aromatic N) is 3. The first-order valence-corrected chi connectivity index (χ1v) is 7.66. The lowest BCUT2D eigenvalue weighted by Crippen LogP contribution is -2.40. The minimum absolute atomic E-state index is 0.0477. The number of benzene rings is 1. The Morgan fingerprint density at radius 2 is 1.70 bits per heavy atom. The number of aromatic nitrogens is 2. The van der Waals surface area contributed by atoms with Crippen LogP contribution in [0.1, 0.15) is 0 Å².